The fraction of sp³-hybridized carbons (Fsp3) is 0.333. The number of aromatic nitrogens is 1. The zero-order valence-electron chi connectivity index (χ0n) is 11.7. The third-order valence-electron chi connectivity index (χ3n) is 3.17. The molecule has 2 aromatic rings. The molecule has 0 atom stereocenters. The predicted octanol–water partition coefficient (Wildman–Crippen LogP) is 4.14. The van der Waals surface area contributed by atoms with Crippen LogP contribution < -0.4 is 9.47 Å². The second-order valence-corrected chi connectivity index (χ2v) is 6.23. The molecule has 0 amide bonds. The van der Waals surface area contributed by atoms with Crippen LogP contribution in [-0.4, -0.2) is 24.0 Å². The summed E-state index contributed by atoms with van der Waals surface area (Å²) in [6.07, 6.45) is 0.825. The van der Waals surface area contributed by atoms with E-state index in [1.54, 1.807) is 13.0 Å². The molecule has 21 heavy (non-hydrogen) atoms. The van der Waals surface area contributed by atoms with E-state index in [1.807, 2.05) is 13.0 Å². The van der Waals surface area contributed by atoms with Gasteiger partial charge < -0.3 is 9.47 Å². The zero-order valence-corrected chi connectivity index (χ0v) is 13.3. The number of carbonyl (C=O) groups is 1. The Morgan fingerprint density at radius 1 is 1.33 bits per heavy atom. The molecular weight excluding hydrogens is 310 g/mol. The van der Waals surface area contributed by atoms with Crippen LogP contribution in [0.2, 0.25) is 5.02 Å². The lowest BCUT2D eigenvalue weighted by atomic mass is 10.2. The van der Waals surface area contributed by atoms with Crippen molar-refractivity contribution in [3.05, 3.63) is 27.7 Å². The van der Waals surface area contributed by atoms with E-state index in [0.29, 0.717) is 34.6 Å². The number of benzene rings is 1. The first kappa shape index (κ1) is 14.4. The SMILES string of the molecule is CC(=O)c1sc(-c2cc(Cl)c3c(c2)OCCCO3)nc1C. The average molecular weight is 324 g/mol. The first-order valence-corrected chi connectivity index (χ1v) is 7.83. The molecule has 0 fully saturated rings. The van der Waals surface area contributed by atoms with Crippen LogP contribution in [0.4, 0.5) is 0 Å². The van der Waals surface area contributed by atoms with Crippen LogP contribution in [0.15, 0.2) is 12.1 Å². The first-order valence-electron chi connectivity index (χ1n) is 6.64. The van der Waals surface area contributed by atoms with Crippen LogP contribution in [0.25, 0.3) is 10.6 Å². The van der Waals surface area contributed by atoms with Crippen molar-refractivity contribution in [3.63, 3.8) is 0 Å². The molecular formula is C15H14ClNO3S. The van der Waals surface area contributed by atoms with Crippen LogP contribution >= 0.6 is 22.9 Å². The van der Waals surface area contributed by atoms with Gasteiger partial charge in [0.1, 0.15) is 5.01 Å². The van der Waals surface area contributed by atoms with Gasteiger partial charge in [-0.2, -0.15) is 0 Å². The van der Waals surface area contributed by atoms with Gasteiger partial charge in [0, 0.05) is 18.9 Å². The van der Waals surface area contributed by atoms with E-state index in [9.17, 15) is 4.79 Å². The minimum absolute atomic E-state index is 0.0247. The number of hydrogen-bond donors (Lipinski definition) is 0. The van der Waals surface area contributed by atoms with Crippen molar-refractivity contribution in [2.24, 2.45) is 0 Å². The van der Waals surface area contributed by atoms with E-state index >= 15 is 0 Å². The van der Waals surface area contributed by atoms with Crippen molar-refractivity contribution >= 4 is 28.7 Å². The van der Waals surface area contributed by atoms with Gasteiger partial charge in [-0.05, 0) is 19.1 Å². The molecule has 0 radical (unpaired) electrons. The molecule has 0 saturated carbocycles. The summed E-state index contributed by atoms with van der Waals surface area (Å²) in [7, 11) is 0. The van der Waals surface area contributed by atoms with Crippen molar-refractivity contribution in [2.75, 3.05) is 13.2 Å². The van der Waals surface area contributed by atoms with Crippen molar-refractivity contribution in [2.45, 2.75) is 20.3 Å². The van der Waals surface area contributed by atoms with Crippen LogP contribution in [0, 0.1) is 6.92 Å². The summed E-state index contributed by atoms with van der Waals surface area (Å²) in [4.78, 5) is 16.7. The molecule has 0 N–H and O–H groups in total. The average Bonchev–Trinajstić information content (AvgIpc) is 2.68. The third kappa shape index (κ3) is 2.76. The molecule has 0 saturated heterocycles. The Hall–Kier alpha value is -1.59. The van der Waals surface area contributed by atoms with Gasteiger partial charge in [-0.1, -0.05) is 11.6 Å². The number of Topliss-reactive ketones (excluding diaryl/α,β-unsaturated/α-hetero) is 1. The molecule has 4 nitrogen and oxygen atoms in total. The quantitative estimate of drug-likeness (QED) is 0.779. The number of ether oxygens (including phenoxy) is 2. The summed E-state index contributed by atoms with van der Waals surface area (Å²) >= 11 is 7.65. The van der Waals surface area contributed by atoms with E-state index < -0.39 is 0 Å². The van der Waals surface area contributed by atoms with Crippen LogP contribution in [0.5, 0.6) is 11.5 Å². The number of halogens is 1. The molecule has 6 heteroatoms. The Labute approximate surface area is 131 Å². The van der Waals surface area contributed by atoms with Gasteiger partial charge in [0.05, 0.1) is 28.8 Å². The maximum atomic E-state index is 11.6. The highest BCUT2D eigenvalue weighted by molar-refractivity contribution is 7.17. The molecule has 1 aromatic heterocycles. The molecule has 1 aliphatic rings. The van der Waals surface area contributed by atoms with Gasteiger partial charge in [0.15, 0.2) is 17.3 Å². The molecule has 0 bridgehead atoms. The Kier molecular flexibility index (Phi) is 3.87. The molecule has 1 aromatic carbocycles. The number of hydrogen-bond acceptors (Lipinski definition) is 5. The summed E-state index contributed by atoms with van der Waals surface area (Å²) in [5.74, 6) is 1.24. The Balaban J connectivity index is 2.07. The number of rotatable bonds is 2. The van der Waals surface area contributed by atoms with Crippen molar-refractivity contribution in [1.82, 2.24) is 4.98 Å². The largest absolute Gasteiger partial charge is 0.489 e. The van der Waals surface area contributed by atoms with Gasteiger partial charge >= 0.3 is 0 Å². The first-order chi connectivity index (χ1) is 10.1. The number of fused-ring (bicyclic) bond motifs is 1. The van der Waals surface area contributed by atoms with Crippen LogP contribution in [0.3, 0.4) is 0 Å². The van der Waals surface area contributed by atoms with E-state index in [0.717, 1.165) is 22.7 Å². The van der Waals surface area contributed by atoms with Gasteiger partial charge in [-0.25, -0.2) is 4.98 Å². The Morgan fingerprint density at radius 2 is 2.10 bits per heavy atom. The molecule has 110 valence electrons. The maximum Gasteiger partial charge on any atom is 0.179 e. The molecule has 2 heterocycles. The third-order valence-corrected chi connectivity index (χ3v) is 4.75. The van der Waals surface area contributed by atoms with Crippen LogP contribution in [0.1, 0.15) is 28.7 Å². The molecule has 1 aliphatic heterocycles. The number of nitrogens with zero attached hydrogens (tertiary/aromatic N) is 1. The number of carbonyl (C=O) groups excluding carboxylic acids is 1. The lowest BCUT2D eigenvalue weighted by Gasteiger charge is -2.10. The fourth-order valence-electron chi connectivity index (χ4n) is 2.20. The highest BCUT2D eigenvalue weighted by Crippen LogP contribution is 2.41. The summed E-state index contributed by atoms with van der Waals surface area (Å²) < 4.78 is 11.3. The summed E-state index contributed by atoms with van der Waals surface area (Å²) in [6, 6.07) is 3.67. The second kappa shape index (κ2) is 5.66. The standard InChI is InChI=1S/C15H14ClNO3S/c1-8-14(9(2)18)21-15(17-8)10-6-11(16)13-12(7-10)19-4-3-5-20-13/h6-7H,3-5H2,1-2H3. The topological polar surface area (TPSA) is 48.4 Å². The maximum absolute atomic E-state index is 11.6. The summed E-state index contributed by atoms with van der Waals surface area (Å²) in [6.45, 7) is 4.58. The predicted molar refractivity (Wildman–Crippen MR) is 82.9 cm³/mol. The molecule has 3 rings (SSSR count). The highest BCUT2D eigenvalue weighted by atomic mass is 35.5. The summed E-state index contributed by atoms with van der Waals surface area (Å²) in [5, 5.41) is 1.26. The number of thiazole rings is 1. The lowest BCUT2D eigenvalue weighted by molar-refractivity contribution is 0.102. The normalized spacial score (nSPS) is 13.9. The van der Waals surface area contributed by atoms with Gasteiger partial charge in [-0.3, -0.25) is 4.79 Å². The van der Waals surface area contributed by atoms with E-state index in [1.165, 1.54) is 11.3 Å². The Bertz CT molecular complexity index is 711. The monoisotopic (exact) mass is 323 g/mol. The van der Waals surface area contributed by atoms with Crippen LogP contribution in [-0.2, 0) is 0 Å². The minimum atomic E-state index is 0.0247. The van der Waals surface area contributed by atoms with E-state index in [-0.39, 0.29) is 5.78 Å². The second-order valence-electron chi connectivity index (χ2n) is 4.83. The van der Waals surface area contributed by atoms with E-state index in [4.69, 9.17) is 21.1 Å². The van der Waals surface area contributed by atoms with Gasteiger partial charge in [0.25, 0.3) is 0 Å². The van der Waals surface area contributed by atoms with Crippen molar-refractivity contribution < 1.29 is 14.3 Å². The summed E-state index contributed by atoms with van der Waals surface area (Å²) in [5.41, 5.74) is 1.58. The van der Waals surface area contributed by atoms with Gasteiger partial charge in [-0.15, -0.1) is 11.3 Å². The Morgan fingerprint density at radius 3 is 2.81 bits per heavy atom. The van der Waals surface area contributed by atoms with Crippen molar-refractivity contribution in [1.29, 1.82) is 0 Å². The number of aryl methyl sites for hydroxylation is 1. The number of ketones is 1. The fourth-order valence-corrected chi connectivity index (χ4v) is 3.41. The highest BCUT2D eigenvalue weighted by Gasteiger charge is 2.19. The molecule has 0 aliphatic carbocycles. The molecule has 0 spiro atoms. The smallest absolute Gasteiger partial charge is 0.179 e. The lowest BCUT2D eigenvalue weighted by Crippen LogP contribution is -1.97. The van der Waals surface area contributed by atoms with E-state index in [2.05, 4.69) is 4.98 Å². The minimum Gasteiger partial charge on any atom is -0.489 e. The van der Waals surface area contributed by atoms with Crippen molar-refractivity contribution in [3.8, 4) is 22.1 Å². The van der Waals surface area contributed by atoms with Gasteiger partial charge in [0.2, 0.25) is 0 Å². The molecule has 0 unspecified atom stereocenters. The zero-order chi connectivity index (χ0) is 15.0.